The summed E-state index contributed by atoms with van der Waals surface area (Å²) in [6.45, 7) is 2.17. The molecular weight excluding hydrogens is 190 g/mol. The molecule has 0 bridgehead atoms. The van der Waals surface area contributed by atoms with Crippen LogP contribution in [0.4, 0.5) is 0 Å². The first kappa shape index (κ1) is 9.61. The molecule has 1 aromatic carbocycles. The molecule has 1 aromatic rings. The van der Waals surface area contributed by atoms with Crippen LogP contribution in [0.3, 0.4) is 0 Å². The predicted molar refractivity (Wildman–Crippen MR) is 59.0 cm³/mol. The Kier molecular flexibility index (Phi) is 2.52. The van der Waals surface area contributed by atoms with Crippen LogP contribution in [0.25, 0.3) is 0 Å². The maximum atomic E-state index is 9.20. The van der Waals surface area contributed by atoms with Gasteiger partial charge in [0, 0.05) is 4.90 Å². The largest absolute Gasteiger partial charge is 0.197 e. The Balaban J connectivity index is 2.15. The zero-order valence-corrected chi connectivity index (χ0v) is 9.05. The molecule has 72 valence electrons. The smallest absolute Gasteiger partial charge is 0.110 e. The van der Waals surface area contributed by atoms with Gasteiger partial charge < -0.3 is 0 Å². The Morgan fingerprint density at radius 2 is 2.14 bits per heavy atom. The Labute approximate surface area is 89.1 Å². The van der Waals surface area contributed by atoms with E-state index in [4.69, 9.17) is 0 Å². The summed E-state index contributed by atoms with van der Waals surface area (Å²) in [6.07, 6.45) is 2.22. The molecule has 14 heavy (non-hydrogen) atoms. The van der Waals surface area contributed by atoms with Crippen LogP contribution in [-0.2, 0) is 0 Å². The average molecular weight is 203 g/mol. The van der Waals surface area contributed by atoms with Gasteiger partial charge in [0.05, 0.1) is 6.07 Å². The Morgan fingerprint density at radius 1 is 1.43 bits per heavy atom. The SMILES string of the molecule is CC1CCC1(C#N)Sc1ccccc1. The van der Waals surface area contributed by atoms with Crippen LogP contribution in [0, 0.1) is 17.2 Å². The molecule has 0 N–H and O–H groups in total. The lowest BCUT2D eigenvalue weighted by atomic mass is 9.75. The third-order valence-corrected chi connectivity index (χ3v) is 4.55. The van der Waals surface area contributed by atoms with Gasteiger partial charge in [0.2, 0.25) is 0 Å². The van der Waals surface area contributed by atoms with Crippen molar-refractivity contribution in [2.24, 2.45) is 5.92 Å². The van der Waals surface area contributed by atoms with E-state index in [1.807, 2.05) is 18.2 Å². The third kappa shape index (κ3) is 1.53. The van der Waals surface area contributed by atoms with E-state index in [1.165, 1.54) is 11.3 Å². The van der Waals surface area contributed by atoms with E-state index >= 15 is 0 Å². The van der Waals surface area contributed by atoms with Crippen LogP contribution in [0.5, 0.6) is 0 Å². The number of benzene rings is 1. The van der Waals surface area contributed by atoms with Crippen molar-refractivity contribution in [1.82, 2.24) is 0 Å². The maximum absolute atomic E-state index is 9.20. The van der Waals surface area contributed by atoms with Gasteiger partial charge in [0.25, 0.3) is 0 Å². The molecule has 0 aromatic heterocycles. The first-order valence-electron chi connectivity index (χ1n) is 4.92. The van der Waals surface area contributed by atoms with Crippen molar-refractivity contribution in [3.05, 3.63) is 30.3 Å². The minimum absolute atomic E-state index is 0.151. The summed E-state index contributed by atoms with van der Waals surface area (Å²) in [7, 11) is 0. The van der Waals surface area contributed by atoms with Gasteiger partial charge in [-0.05, 0) is 30.9 Å². The monoisotopic (exact) mass is 203 g/mol. The summed E-state index contributed by atoms with van der Waals surface area (Å²) in [6, 6.07) is 12.7. The van der Waals surface area contributed by atoms with Crippen molar-refractivity contribution in [3.63, 3.8) is 0 Å². The lowest BCUT2D eigenvalue weighted by molar-refractivity contribution is 0.297. The molecule has 2 heteroatoms. The molecule has 0 amide bonds. The Hall–Kier alpha value is -0.940. The van der Waals surface area contributed by atoms with E-state index in [2.05, 4.69) is 25.1 Å². The normalized spacial score (nSPS) is 30.4. The number of nitriles is 1. The number of rotatable bonds is 2. The van der Waals surface area contributed by atoms with Crippen LogP contribution in [0.2, 0.25) is 0 Å². The summed E-state index contributed by atoms with van der Waals surface area (Å²) in [5.74, 6) is 0.526. The second kappa shape index (κ2) is 3.67. The fraction of sp³-hybridized carbons (Fsp3) is 0.417. The molecular formula is C12H13NS. The molecule has 1 aliphatic carbocycles. The van der Waals surface area contributed by atoms with E-state index < -0.39 is 0 Å². The summed E-state index contributed by atoms with van der Waals surface area (Å²) >= 11 is 1.72. The molecule has 0 aliphatic heterocycles. The zero-order valence-electron chi connectivity index (χ0n) is 8.23. The zero-order chi connectivity index (χ0) is 10.0. The fourth-order valence-corrected chi connectivity index (χ4v) is 3.03. The van der Waals surface area contributed by atoms with Crippen LogP contribution in [0.15, 0.2) is 35.2 Å². The Bertz CT molecular complexity index is 354. The summed E-state index contributed by atoms with van der Waals surface area (Å²) in [5, 5.41) is 9.20. The molecule has 0 heterocycles. The van der Waals surface area contributed by atoms with Crippen molar-refractivity contribution in [2.75, 3.05) is 0 Å². The first-order valence-corrected chi connectivity index (χ1v) is 5.74. The number of hydrogen-bond acceptors (Lipinski definition) is 2. The minimum Gasteiger partial charge on any atom is -0.197 e. The van der Waals surface area contributed by atoms with Crippen LogP contribution in [0.1, 0.15) is 19.8 Å². The van der Waals surface area contributed by atoms with E-state index in [0.29, 0.717) is 5.92 Å². The van der Waals surface area contributed by atoms with E-state index in [1.54, 1.807) is 11.8 Å². The van der Waals surface area contributed by atoms with Crippen LogP contribution < -0.4 is 0 Å². The molecule has 1 fully saturated rings. The fourth-order valence-electron chi connectivity index (χ4n) is 1.73. The minimum atomic E-state index is -0.151. The number of thioether (sulfide) groups is 1. The highest BCUT2D eigenvalue weighted by Gasteiger charge is 2.45. The molecule has 1 aliphatic rings. The standard InChI is InChI=1S/C12H13NS/c1-10-7-8-12(10,9-13)14-11-5-3-2-4-6-11/h2-6,10H,7-8H2,1H3. The highest BCUT2D eigenvalue weighted by molar-refractivity contribution is 8.01. The maximum Gasteiger partial charge on any atom is 0.110 e. The molecule has 0 spiro atoms. The van der Waals surface area contributed by atoms with Crippen molar-refractivity contribution < 1.29 is 0 Å². The van der Waals surface area contributed by atoms with Gasteiger partial charge in [-0.1, -0.05) is 25.1 Å². The van der Waals surface area contributed by atoms with Crippen molar-refractivity contribution in [3.8, 4) is 6.07 Å². The van der Waals surface area contributed by atoms with Crippen molar-refractivity contribution in [1.29, 1.82) is 5.26 Å². The quantitative estimate of drug-likeness (QED) is 0.735. The van der Waals surface area contributed by atoms with Gasteiger partial charge in [0.15, 0.2) is 0 Å². The number of nitrogens with zero attached hydrogens (tertiary/aromatic N) is 1. The highest BCUT2D eigenvalue weighted by Crippen LogP contribution is 2.51. The summed E-state index contributed by atoms with van der Waals surface area (Å²) < 4.78 is -0.151. The third-order valence-electron chi connectivity index (χ3n) is 2.98. The van der Waals surface area contributed by atoms with Gasteiger partial charge in [-0.3, -0.25) is 0 Å². The van der Waals surface area contributed by atoms with Gasteiger partial charge in [-0.25, -0.2) is 0 Å². The highest BCUT2D eigenvalue weighted by atomic mass is 32.2. The molecule has 0 saturated heterocycles. The molecule has 2 rings (SSSR count). The average Bonchev–Trinajstić information content (AvgIpc) is 2.25. The summed E-state index contributed by atoms with van der Waals surface area (Å²) in [5.41, 5.74) is 0. The predicted octanol–water partition coefficient (Wildman–Crippen LogP) is 3.47. The second-order valence-electron chi connectivity index (χ2n) is 3.86. The van der Waals surface area contributed by atoms with Gasteiger partial charge in [0.1, 0.15) is 4.75 Å². The van der Waals surface area contributed by atoms with Gasteiger partial charge >= 0.3 is 0 Å². The molecule has 0 radical (unpaired) electrons. The topological polar surface area (TPSA) is 23.8 Å². The molecule has 2 atom stereocenters. The first-order chi connectivity index (χ1) is 6.77. The number of hydrogen-bond donors (Lipinski definition) is 0. The van der Waals surface area contributed by atoms with E-state index in [9.17, 15) is 5.26 Å². The van der Waals surface area contributed by atoms with Crippen molar-refractivity contribution in [2.45, 2.75) is 29.4 Å². The van der Waals surface area contributed by atoms with Crippen LogP contribution in [-0.4, -0.2) is 4.75 Å². The molecule has 1 nitrogen and oxygen atoms in total. The second-order valence-corrected chi connectivity index (χ2v) is 5.26. The van der Waals surface area contributed by atoms with Crippen LogP contribution >= 0.6 is 11.8 Å². The molecule has 1 saturated carbocycles. The van der Waals surface area contributed by atoms with E-state index in [-0.39, 0.29) is 4.75 Å². The summed E-state index contributed by atoms with van der Waals surface area (Å²) in [4.78, 5) is 1.21. The lowest BCUT2D eigenvalue weighted by Crippen LogP contribution is -2.40. The van der Waals surface area contributed by atoms with Gasteiger partial charge in [-0.2, -0.15) is 5.26 Å². The van der Waals surface area contributed by atoms with Gasteiger partial charge in [-0.15, -0.1) is 11.8 Å². The Morgan fingerprint density at radius 3 is 2.57 bits per heavy atom. The molecule has 2 unspecified atom stereocenters. The van der Waals surface area contributed by atoms with E-state index in [0.717, 1.165) is 6.42 Å². The van der Waals surface area contributed by atoms with Crippen molar-refractivity contribution >= 4 is 11.8 Å². The lowest BCUT2D eigenvalue weighted by Gasteiger charge is -2.41.